The highest BCUT2D eigenvalue weighted by atomic mass is 32.2. The summed E-state index contributed by atoms with van der Waals surface area (Å²) in [6.45, 7) is -0.665. The van der Waals surface area contributed by atoms with Crippen LogP contribution in [0.2, 0.25) is 0 Å². The fourth-order valence-corrected chi connectivity index (χ4v) is 3.99. The number of aromatic nitrogens is 1. The van der Waals surface area contributed by atoms with Crippen LogP contribution in [0.4, 0.5) is 0 Å². The third kappa shape index (κ3) is 8.89. The van der Waals surface area contributed by atoms with E-state index in [9.17, 15) is 24.0 Å². The average Bonchev–Trinajstić information content (AvgIpc) is 3.25. The van der Waals surface area contributed by atoms with E-state index in [-0.39, 0.29) is 19.3 Å². The van der Waals surface area contributed by atoms with E-state index >= 15 is 0 Å². The van der Waals surface area contributed by atoms with Crippen LogP contribution in [-0.4, -0.2) is 76.4 Å². The Labute approximate surface area is 212 Å². The van der Waals surface area contributed by atoms with Gasteiger partial charge in [0.15, 0.2) is 0 Å². The van der Waals surface area contributed by atoms with E-state index < -0.39 is 54.3 Å². The van der Waals surface area contributed by atoms with E-state index in [4.69, 9.17) is 16.6 Å². The molecule has 0 radical (unpaired) electrons. The number of nitrogens with two attached hydrogens (primary N) is 2. The first-order valence-electron chi connectivity index (χ1n) is 11.3. The number of aromatic amines is 1. The molecule has 0 spiro atoms. The second-order valence-corrected chi connectivity index (χ2v) is 9.18. The average molecular weight is 521 g/mol. The SMILES string of the molecule is CSCCC(N)C(=O)NC(Cc1c[nH]c2ccccc12)C(=O)NC(CCC(N)=O)C(=O)NCC(=O)O. The molecule has 13 heteroatoms. The van der Waals surface area contributed by atoms with Gasteiger partial charge in [-0.05, 0) is 36.5 Å². The Hall–Kier alpha value is -3.58. The van der Waals surface area contributed by atoms with Crippen LogP contribution in [0.3, 0.4) is 0 Å². The van der Waals surface area contributed by atoms with Crippen LogP contribution < -0.4 is 27.4 Å². The van der Waals surface area contributed by atoms with Crippen molar-refractivity contribution in [2.45, 2.75) is 43.8 Å². The first-order chi connectivity index (χ1) is 17.1. The van der Waals surface area contributed by atoms with Crippen molar-refractivity contribution in [2.24, 2.45) is 11.5 Å². The predicted octanol–water partition coefficient (Wildman–Crippen LogP) is -0.773. The molecule has 1 heterocycles. The van der Waals surface area contributed by atoms with Gasteiger partial charge in [0.05, 0.1) is 6.04 Å². The number of primary amides is 1. The summed E-state index contributed by atoms with van der Waals surface area (Å²) in [7, 11) is 0. The van der Waals surface area contributed by atoms with Crippen LogP contribution >= 0.6 is 11.8 Å². The Kier molecular flexibility index (Phi) is 11.2. The van der Waals surface area contributed by atoms with Crippen molar-refractivity contribution in [3.8, 4) is 0 Å². The molecule has 0 aliphatic heterocycles. The third-order valence-electron chi connectivity index (χ3n) is 5.43. The summed E-state index contributed by atoms with van der Waals surface area (Å²) >= 11 is 1.54. The number of para-hydroxylation sites is 1. The number of carboxylic acids is 1. The van der Waals surface area contributed by atoms with Gasteiger partial charge < -0.3 is 37.5 Å². The third-order valence-corrected chi connectivity index (χ3v) is 6.07. The predicted molar refractivity (Wildman–Crippen MR) is 136 cm³/mol. The van der Waals surface area contributed by atoms with Crippen molar-refractivity contribution in [1.29, 1.82) is 0 Å². The van der Waals surface area contributed by atoms with Gasteiger partial charge >= 0.3 is 5.97 Å². The summed E-state index contributed by atoms with van der Waals surface area (Å²) in [5.74, 6) is -3.30. The quantitative estimate of drug-likeness (QED) is 0.158. The molecule has 0 saturated heterocycles. The summed E-state index contributed by atoms with van der Waals surface area (Å²) in [4.78, 5) is 63.7. The zero-order valence-electron chi connectivity index (χ0n) is 19.9. The van der Waals surface area contributed by atoms with Crippen molar-refractivity contribution >= 4 is 52.3 Å². The van der Waals surface area contributed by atoms with Gasteiger partial charge in [0.1, 0.15) is 18.6 Å². The number of aliphatic carboxylic acids is 1. The van der Waals surface area contributed by atoms with E-state index in [2.05, 4.69) is 20.9 Å². The summed E-state index contributed by atoms with van der Waals surface area (Å²) in [5.41, 5.74) is 12.8. The minimum Gasteiger partial charge on any atom is -0.480 e. The van der Waals surface area contributed by atoms with E-state index in [0.717, 1.165) is 16.5 Å². The Morgan fingerprint density at radius 3 is 2.39 bits per heavy atom. The Balaban J connectivity index is 2.25. The van der Waals surface area contributed by atoms with E-state index in [0.29, 0.717) is 12.2 Å². The van der Waals surface area contributed by atoms with Crippen LogP contribution in [-0.2, 0) is 30.4 Å². The standard InChI is InChI=1S/C23H32N6O6S/c1-36-9-8-15(24)21(33)29-18(10-13-11-26-16-5-3-2-4-14(13)16)23(35)28-17(6-7-19(25)30)22(34)27-12-20(31)32/h2-5,11,15,17-18,26H,6-10,12,24H2,1H3,(H2,25,30)(H,27,34)(H,28,35)(H,29,33)(H,31,32). The Morgan fingerprint density at radius 2 is 1.72 bits per heavy atom. The summed E-state index contributed by atoms with van der Waals surface area (Å²) < 4.78 is 0. The number of amides is 4. The van der Waals surface area contributed by atoms with Crippen LogP contribution in [0, 0.1) is 0 Å². The molecule has 0 saturated carbocycles. The number of benzene rings is 1. The molecule has 0 aliphatic rings. The molecular formula is C23H32N6O6S. The lowest BCUT2D eigenvalue weighted by molar-refractivity contribution is -0.138. The van der Waals surface area contributed by atoms with Gasteiger partial charge in [-0.15, -0.1) is 0 Å². The maximum Gasteiger partial charge on any atom is 0.322 e. The number of hydrogen-bond donors (Lipinski definition) is 7. The van der Waals surface area contributed by atoms with E-state index in [1.165, 1.54) is 11.8 Å². The minimum absolute atomic E-state index is 0.0934. The number of rotatable bonds is 15. The Bertz CT molecular complexity index is 1090. The number of carbonyl (C=O) groups excluding carboxylic acids is 4. The van der Waals surface area contributed by atoms with Gasteiger partial charge in [-0.25, -0.2) is 0 Å². The maximum absolute atomic E-state index is 13.3. The molecule has 1 aromatic heterocycles. The highest BCUT2D eigenvalue weighted by molar-refractivity contribution is 7.98. The molecule has 12 nitrogen and oxygen atoms in total. The zero-order valence-corrected chi connectivity index (χ0v) is 20.7. The highest BCUT2D eigenvalue weighted by Crippen LogP contribution is 2.19. The molecule has 0 fully saturated rings. The van der Waals surface area contributed by atoms with Crippen molar-refractivity contribution < 1.29 is 29.1 Å². The number of fused-ring (bicyclic) bond motifs is 1. The highest BCUT2D eigenvalue weighted by Gasteiger charge is 2.29. The number of carbonyl (C=O) groups is 5. The van der Waals surface area contributed by atoms with Crippen molar-refractivity contribution in [1.82, 2.24) is 20.9 Å². The van der Waals surface area contributed by atoms with Gasteiger partial charge in [0.25, 0.3) is 0 Å². The van der Waals surface area contributed by atoms with Crippen LogP contribution in [0.25, 0.3) is 10.9 Å². The lowest BCUT2D eigenvalue weighted by Crippen LogP contribution is -2.56. The molecule has 3 unspecified atom stereocenters. The number of thioether (sulfide) groups is 1. The lowest BCUT2D eigenvalue weighted by atomic mass is 10.0. The van der Waals surface area contributed by atoms with Crippen molar-refractivity contribution in [3.05, 3.63) is 36.0 Å². The van der Waals surface area contributed by atoms with Gasteiger partial charge in [0.2, 0.25) is 23.6 Å². The van der Waals surface area contributed by atoms with Gasteiger partial charge in [-0.2, -0.15) is 11.8 Å². The largest absolute Gasteiger partial charge is 0.480 e. The van der Waals surface area contributed by atoms with Gasteiger partial charge in [-0.1, -0.05) is 18.2 Å². The molecule has 0 bridgehead atoms. The van der Waals surface area contributed by atoms with Crippen molar-refractivity contribution in [3.63, 3.8) is 0 Å². The molecule has 4 amide bonds. The smallest absolute Gasteiger partial charge is 0.322 e. The van der Waals surface area contributed by atoms with Crippen molar-refractivity contribution in [2.75, 3.05) is 18.6 Å². The molecule has 196 valence electrons. The second-order valence-electron chi connectivity index (χ2n) is 8.19. The van der Waals surface area contributed by atoms with Crippen LogP contribution in [0.5, 0.6) is 0 Å². The summed E-state index contributed by atoms with van der Waals surface area (Å²) in [6.07, 6.45) is 3.76. The molecule has 0 aliphatic carbocycles. The molecule has 2 aromatic rings. The molecule has 2 rings (SSSR count). The summed E-state index contributed by atoms with van der Waals surface area (Å²) in [6, 6.07) is 4.28. The fraction of sp³-hybridized carbons (Fsp3) is 0.435. The number of hydrogen-bond acceptors (Lipinski definition) is 7. The van der Waals surface area contributed by atoms with Gasteiger partial charge in [-0.3, -0.25) is 24.0 Å². The normalized spacial score (nSPS) is 13.4. The first-order valence-corrected chi connectivity index (χ1v) is 12.7. The maximum atomic E-state index is 13.3. The van der Waals surface area contributed by atoms with Crippen LogP contribution in [0.15, 0.2) is 30.5 Å². The lowest BCUT2D eigenvalue weighted by Gasteiger charge is -2.24. The molecule has 3 atom stereocenters. The van der Waals surface area contributed by atoms with E-state index in [1.807, 2.05) is 30.5 Å². The molecule has 9 N–H and O–H groups in total. The number of H-pyrrole nitrogens is 1. The monoisotopic (exact) mass is 520 g/mol. The molecule has 36 heavy (non-hydrogen) atoms. The van der Waals surface area contributed by atoms with E-state index in [1.54, 1.807) is 6.20 Å². The number of carboxylic acid groups (broad SMARTS) is 1. The second kappa shape index (κ2) is 14.1. The fourth-order valence-electron chi connectivity index (χ4n) is 3.50. The minimum atomic E-state index is -1.27. The number of nitrogens with one attached hydrogen (secondary N) is 4. The van der Waals surface area contributed by atoms with Crippen LogP contribution in [0.1, 0.15) is 24.8 Å². The topological polar surface area (TPSA) is 209 Å². The Morgan fingerprint density at radius 1 is 1.03 bits per heavy atom. The first kappa shape index (κ1) is 28.7. The van der Waals surface area contributed by atoms with Gasteiger partial charge in [0, 0.05) is 29.9 Å². The molecular weight excluding hydrogens is 488 g/mol. The zero-order chi connectivity index (χ0) is 26.7. The molecule has 1 aromatic carbocycles. The summed E-state index contributed by atoms with van der Waals surface area (Å²) in [5, 5.41) is 17.1.